The van der Waals surface area contributed by atoms with Gasteiger partial charge in [-0.3, -0.25) is 14.7 Å². The summed E-state index contributed by atoms with van der Waals surface area (Å²) >= 11 is 0. The topological polar surface area (TPSA) is 139 Å². The van der Waals surface area contributed by atoms with Crippen LogP contribution in [0.4, 0.5) is 17.6 Å². The number of hydrogen-bond donors (Lipinski definition) is 2. The lowest BCUT2D eigenvalue weighted by molar-refractivity contribution is -0.146. The number of hydrogen-bond acceptors (Lipinski definition) is 8. The van der Waals surface area contributed by atoms with Crippen molar-refractivity contribution in [3.8, 4) is 17.1 Å². The Morgan fingerprint density at radius 3 is 2.58 bits per heavy atom. The van der Waals surface area contributed by atoms with E-state index >= 15 is 0 Å². The molecule has 3 aromatic rings. The zero-order chi connectivity index (χ0) is 27.2. The van der Waals surface area contributed by atoms with Gasteiger partial charge in [-0.2, -0.15) is 23.3 Å². The van der Waals surface area contributed by atoms with Crippen LogP contribution in [0.25, 0.3) is 11.3 Å². The molecular formula is C23H23F4N7O4. The van der Waals surface area contributed by atoms with E-state index in [1.54, 1.807) is 4.90 Å². The second-order valence-corrected chi connectivity index (χ2v) is 9.32. The fraction of sp³-hybridized carbons (Fsp3) is 0.478. The van der Waals surface area contributed by atoms with Gasteiger partial charge in [0.15, 0.2) is 5.82 Å². The molecule has 5 rings (SSSR count). The summed E-state index contributed by atoms with van der Waals surface area (Å²) in [5.74, 6) is -3.29. The van der Waals surface area contributed by atoms with Gasteiger partial charge in [0.05, 0.1) is 19.0 Å². The lowest BCUT2D eigenvalue weighted by Gasteiger charge is -2.38. The van der Waals surface area contributed by atoms with E-state index in [2.05, 4.69) is 35.2 Å². The quantitative estimate of drug-likeness (QED) is 0.457. The largest absolute Gasteiger partial charge is 0.481 e. The summed E-state index contributed by atoms with van der Waals surface area (Å²) in [6.07, 6.45) is -1.57. The van der Waals surface area contributed by atoms with Crippen molar-refractivity contribution in [2.24, 2.45) is 5.92 Å². The number of halogens is 4. The number of nitrogens with zero attached hydrogens (tertiary/aromatic N) is 5. The lowest BCUT2D eigenvalue weighted by Crippen LogP contribution is -2.49. The van der Waals surface area contributed by atoms with Gasteiger partial charge in [-0.1, -0.05) is 5.16 Å². The Morgan fingerprint density at radius 1 is 1.24 bits per heavy atom. The lowest BCUT2D eigenvalue weighted by atomic mass is 9.89. The number of aromatic amines is 1. The zero-order valence-electron chi connectivity index (χ0n) is 20.3. The first-order valence-electron chi connectivity index (χ1n) is 11.8. The normalized spacial score (nSPS) is 21.8. The fourth-order valence-corrected chi connectivity index (χ4v) is 5.08. The predicted octanol–water partition coefficient (Wildman–Crippen LogP) is 3.28. The second kappa shape index (κ2) is 9.68. The second-order valence-electron chi connectivity index (χ2n) is 9.32. The third-order valence-electron chi connectivity index (χ3n) is 6.89. The number of nitrogens with one attached hydrogen (secondary N) is 2. The van der Waals surface area contributed by atoms with E-state index in [9.17, 15) is 27.2 Å². The van der Waals surface area contributed by atoms with Crippen LogP contribution in [-0.2, 0) is 11.0 Å². The minimum atomic E-state index is -4.75. The third-order valence-corrected chi connectivity index (χ3v) is 6.89. The Morgan fingerprint density at radius 2 is 1.95 bits per heavy atom. The highest BCUT2D eigenvalue weighted by Gasteiger charge is 2.46. The van der Waals surface area contributed by atoms with E-state index in [1.165, 1.54) is 26.2 Å². The molecule has 2 fully saturated rings. The van der Waals surface area contributed by atoms with Crippen LogP contribution in [0.3, 0.4) is 0 Å². The molecule has 2 N–H and O–H groups in total. The molecule has 2 unspecified atom stereocenters. The standard InChI is InChI=1S/C23H23F4N7O4/c1-10(20-30-22(33-38-20)23(25,26)27)29-19(35)11-5-12-3-4-13(6-11)34(12)21(36)17-8-16(31-32-17)14-7-18(37-2)28-9-15(14)24/h7-13H,3-6H2,1-2H3,(H,29,35)(H,31,32)/t10-,11?,12?,13?/m0/s1. The highest BCUT2D eigenvalue weighted by molar-refractivity contribution is 5.94. The van der Waals surface area contributed by atoms with Gasteiger partial charge in [0.1, 0.15) is 11.7 Å². The first kappa shape index (κ1) is 25.6. The van der Waals surface area contributed by atoms with Gasteiger partial charge in [-0.05, 0) is 38.7 Å². The highest BCUT2D eigenvalue weighted by Crippen LogP contribution is 2.40. The minimum Gasteiger partial charge on any atom is -0.481 e. The number of piperidine rings is 1. The molecule has 2 aliphatic rings. The number of carbonyl (C=O) groups is 2. The number of H-pyrrole nitrogens is 1. The van der Waals surface area contributed by atoms with Gasteiger partial charge >= 0.3 is 6.18 Å². The first-order chi connectivity index (χ1) is 18.0. The van der Waals surface area contributed by atoms with Crippen molar-refractivity contribution < 1.29 is 36.4 Å². The molecule has 2 amide bonds. The Labute approximate surface area is 212 Å². The number of amides is 2. The molecule has 0 aliphatic carbocycles. The Bertz CT molecular complexity index is 1340. The average molecular weight is 537 g/mol. The van der Waals surface area contributed by atoms with Crippen LogP contribution < -0.4 is 10.1 Å². The molecule has 2 aliphatic heterocycles. The summed E-state index contributed by atoms with van der Waals surface area (Å²) in [6, 6.07) is 1.50. The van der Waals surface area contributed by atoms with Crippen LogP contribution >= 0.6 is 0 Å². The molecule has 11 nitrogen and oxygen atoms in total. The summed E-state index contributed by atoms with van der Waals surface area (Å²) in [5.41, 5.74) is 0.528. The molecule has 0 radical (unpaired) electrons. The van der Waals surface area contributed by atoms with Crippen molar-refractivity contribution in [1.29, 1.82) is 0 Å². The highest BCUT2D eigenvalue weighted by atomic mass is 19.4. The Kier molecular flexibility index (Phi) is 6.53. The number of pyridine rings is 1. The smallest absolute Gasteiger partial charge is 0.455 e. The predicted molar refractivity (Wildman–Crippen MR) is 120 cm³/mol. The molecular weight excluding hydrogens is 514 g/mol. The number of alkyl halides is 3. The zero-order valence-corrected chi connectivity index (χ0v) is 20.3. The molecule has 2 saturated heterocycles. The summed E-state index contributed by atoms with van der Waals surface area (Å²) in [4.78, 5) is 35.1. The van der Waals surface area contributed by atoms with Crippen LogP contribution in [0.2, 0.25) is 0 Å². The maximum atomic E-state index is 14.3. The number of aromatic nitrogens is 5. The van der Waals surface area contributed by atoms with Gasteiger partial charge in [0, 0.05) is 29.6 Å². The maximum absolute atomic E-state index is 14.3. The van der Waals surface area contributed by atoms with Crippen molar-refractivity contribution in [3.05, 3.63) is 41.6 Å². The van der Waals surface area contributed by atoms with Gasteiger partial charge in [0.2, 0.25) is 17.7 Å². The van der Waals surface area contributed by atoms with Gasteiger partial charge in [-0.25, -0.2) is 9.37 Å². The van der Waals surface area contributed by atoms with Crippen LogP contribution in [0, 0.1) is 11.7 Å². The summed E-state index contributed by atoms with van der Waals surface area (Å²) in [5, 5.41) is 12.3. The van der Waals surface area contributed by atoms with E-state index in [0.29, 0.717) is 25.7 Å². The van der Waals surface area contributed by atoms with E-state index in [0.717, 1.165) is 6.20 Å². The molecule has 15 heteroatoms. The fourth-order valence-electron chi connectivity index (χ4n) is 5.08. The average Bonchev–Trinajstić information content (AvgIpc) is 3.62. The molecule has 0 aromatic carbocycles. The monoisotopic (exact) mass is 537 g/mol. The van der Waals surface area contributed by atoms with E-state index in [4.69, 9.17) is 4.74 Å². The summed E-state index contributed by atoms with van der Waals surface area (Å²) in [7, 11) is 1.40. The van der Waals surface area contributed by atoms with Gasteiger partial charge in [0.25, 0.3) is 11.7 Å². The molecule has 0 spiro atoms. The number of fused-ring (bicyclic) bond motifs is 2. The minimum absolute atomic E-state index is 0.128. The van der Waals surface area contributed by atoms with Crippen molar-refractivity contribution >= 4 is 11.8 Å². The van der Waals surface area contributed by atoms with Crippen molar-refractivity contribution in [2.45, 2.75) is 56.9 Å². The number of methoxy groups -OCH3 is 1. The van der Waals surface area contributed by atoms with Gasteiger partial charge < -0.3 is 19.5 Å². The summed E-state index contributed by atoms with van der Waals surface area (Å²) in [6.45, 7) is 1.45. The van der Waals surface area contributed by atoms with E-state index in [1.807, 2.05) is 0 Å². The summed E-state index contributed by atoms with van der Waals surface area (Å²) < 4.78 is 62.2. The maximum Gasteiger partial charge on any atom is 0.455 e. The first-order valence-corrected chi connectivity index (χ1v) is 11.8. The van der Waals surface area contributed by atoms with E-state index in [-0.39, 0.29) is 52.6 Å². The van der Waals surface area contributed by atoms with Crippen LogP contribution in [0.1, 0.15) is 60.9 Å². The Balaban J connectivity index is 1.24. The Hall–Kier alpha value is -4.04. The van der Waals surface area contributed by atoms with Crippen LogP contribution in [-0.4, -0.2) is 61.2 Å². The number of carbonyl (C=O) groups excluding carboxylic acids is 2. The molecule has 3 aromatic heterocycles. The molecule has 38 heavy (non-hydrogen) atoms. The molecule has 0 saturated carbocycles. The molecule has 3 atom stereocenters. The molecule has 5 heterocycles. The number of rotatable bonds is 6. The van der Waals surface area contributed by atoms with Crippen LogP contribution in [0.15, 0.2) is 22.9 Å². The third kappa shape index (κ3) is 4.79. The van der Waals surface area contributed by atoms with E-state index < -0.39 is 29.8 Å². The van der Waals surface area contributed by atoms with Crippen molar-refractivity contribution in [2.75, 3.05) is 7.11 Å². The molecule has 2 bridgehead atoms. The van der Waals surface area contributed by atoms with Crippen molar-refractivity contribution in [3.63, 3.8) is 0 Å². The number of ether oxygens (including phenoxy) is 1. The van der Waals surface area contributed by atoms with Gasteiger partial charge in [-0.15, -0.1) is 0 Å². The molecule has 202 valence electrons. The van der Waals surface area contributed by atoms with Crippen molar-refractivity contribution in [1.82, 2.24) is 35.5 Å². The van der Waals surface area contributed by atoms with Crippen LogP contribution in [0.5, 0.6) is 5.88 Å². The SMILES string of the molecule is COc1cc(-c2cc(C(=O)N3C4CCC3CC(C(=O)N[C@@H](C)c3nc(C(F)(F)F)no3)C4)[nH]n2)c(F)cn1.